The normalized spacial score (nSPS) is 12.1. The van der Waals surface area contributed by atoms with Crippen LogP contribution in [0.3, 0.4) is 0 Å². The lowest BCUT2D eigenvalue weighted by Gasteiger charge is -2.03. The zero-order valence-corrected chi connectivity index (χ0v) is 27.5. The summed E-state index contributed by atoms with van der Waals surface area (Å²) in [4.78, 5) is 2.48. The van der Waals surface area contributed by atoms with Crippen molar-refractivity contribution in [1.29, 1.82) is 0 Å². The first kappa shape index (κ1) is 28.1. The van der Waals surface area contributed by atoms with Crippen molar-refractivity contribution in [2.45, 2.75) is 23.6 Å². The van der Waals surface area contributed by atoms with E-state index >= 15 is 0 Å². The molecule has 0 radical (unpaired) electrons. The molecule has 3 heteroatoms. The van der Waals surface area contributed by atoms with Crippen molar-refractivity contribution < 1.29 is 0 Å². The third kappa shape index (κ3) is 5.87. The highest BCUT2D eigenvalue weighted by atomic mass is 32.2. The molecule has 8 rings (SSSR count). The van der Waals surface area contributed by atoms with Gasteiger partial charge in [0.15, 0.2) is 0 Å². The minimum atomic E-state index is 1.20. The third-order valence-electron chi connectivity index (χ3n) is 8.24. The van der Waals surface area contributed by atoms with Crippen molar-refractivity contribution in [2.24, 2.45) is 0 Å². The molecular weight excluding hydrogens is 601 g/mol. The van der Waals surface area contributed by atoms with Crippen molar-refractivity contribution in [3.8, 4) is 0 Å². The van der Waals surface area contributed by atoms with Crippen LogP contribution >= 0.6 is 34.4 Å². The SMILES string of the molecule is Cc1ccc2c(c1)sc1cc(C=Cc3ccc(Sc4ccc(C=Cc5ccc6c(c5)sc5cc(C)ccc56)cc4)cc3)ccc12. The molecule has 0 spiro atoms. The minimum absolute atomic E-state index is 1.20. The van der Waals surface area contributed by atoms with Gasteiger partial charge in [-0.1, -0.05) is 109 Å². The lowest BCUT2D eigenvalue weighted by molar-refractivity contribution is 1.40. The lowest BCUT2D eigenvalue weighted by Crippen LogP contribution is -1.78. The maximum absolute atomic E-state index is 2.31. The zero-order valence-electron chi connectivity index (χ0n) is 25.1. The Morgan fingerprint density at radius 3 is 1.13 bits per heavy atom. The Hall–Kier alpha value is -4.41. The van der Waals surface area contributed by atoms with Gasteiger partial charge in [0, 0.05) is 50.1 Å². The fraction of sp³-hybridized carbons (Fsp3) is 0.0476. The molecule has 2 aromatic heterocycles. The Morgan fingerprint density at radius 1 is 0.378 bits per heavy atom. The predicted molar refractivity (Wildman–Crippen MR) is 203 cm³/mol. The first-order chi connectivity index (χ1) is 22.0. The molecule has 216 valence electrons. The second-order valence-electron chi connectivity index (χ2n) is 11.6. The largest absolute Gasteiger partial charge is 0.135 e. The smallest absolute Gasteiger partial charge is 0.0361 e. The highest BCUT2D eigenvalue weighted by molar-refractivity contribution is 7.99. The van der Waals surface area contributed by atoms with Gasteiger partial charge in [-0.3, -0.25) is 0 Å². The molecule has 0 aliphatic rings. The summed E-state index contributed by atoms with van der Waals surface area (Å²) in [5.74, 6) is 0. The molecule has 0 N–H and O–H groups in total. The number of fused-ring (bicyclic) bond motifs is 6. The monoisotopic (exact) mass is 630 g/mol. The van der Waals surface area contributed by atoms with Crippen molar-refractivity contribution in [3.05, 3.63) is 155 Å². The summed E-state index contributed by atoms with van der Waals surface area (Å²) in [6.45, 7) is 4.32. The average Bonchev–Trinajstić information content (AvgIpc) is 3.60. The van der Waals surface area contributed by atoms with Crippen LogP contribution in [-0.4, -0.2) is 0 Å². The van der Waals surface area contributed by atoms with Gasteiger partial charge in [0.25, 0.3) is 0 Å². The van der Waals surface area contributed by atoms with Crippen LogP contribution in [0.4, 0.5) is 0 Å². The fourth-order valence-electron chi connectivity index (χ4n) is 5.82. The summed E-state index contributed by atoms with van der Waals surface area (Å²) >= 11 is 5.55. The van der Waals surface area contributed by atoms with E-state index < -0.39 is 0 Å². The Morgan fingerprint density at radius 2 is 0.711 bits per heavy atom. The molecule has 0 bridgehead atoms. The molecule has 6 aromatic carbocycles. The number of aryl methyl sites for hydroxylation is 2. The molecule has 0 aliphatic carbocycles. The summed E-state index contributed by atoms with van der Waals surface area (Å²) in [7, 11) is 0. The van der Waals surface area contributed by atoms with Gasteiger partial charge < -0.3 is 0 Å². The Labute approximate surface area is 276 Å². The molecular formula is C42H30S3. The molecule has 0 saturated carbocycles. The molecule has 0 amide bonds. The predicted octanol–water partition coefficient (Wildman–Crippen LogP) is 13.5. The van der Waals surface area contributed by atoms with Gasteiger partial charge in [0.05, 0.1) is 0 Å². The van der Waals surface area contributed by atoms with Crippen molar-refractivity contribution >= 4 is 99.1 Å². The molecule has 0 nitrogen and oxygen atoms in total. The highest BCUT2D eigenvalue weighted by Gasteiger charge is 2.07. The van der Waals surface area contributed by atoms with Gasteiger partial charge in [-0.15, -0.1) is 22.7 Å². The standard InChI is InChI=1S/C42H30S3/c1-27-3-19-35-37-21-13-31(25-41(37)44-39(35)23-27)7-5-29-9-15-33(16-10-29)43-34-17-11-30(12-18-34)6-8-32-14-22-38-36-20-4-28(2)24-40(36)45-42(38)26-32/h3-26H,1-2H3. The average molecular weight is 631 g/mol. The van der Waals surface area contributed by atoms with Crippen LogP contribution in [0.2, 0.25) is 0 Å². The number of hydrogen-bond donors (Lipinski definition) is 0. The van der Waals surface area contributed by atoms with Gasteiger partial charge in [-0.05, 0) is 95.8 Å². The number of rotatable bonds is 6. The van der Waals surface area contributed by atoms with E-state index in [1.807, 2.05) is 22.7 Å². The molecule has 2 heterocycles. The third-order valence-corrected chi connectivity index (χ3v) is 11.5. The number of benzene rings is 6. The molecule has 0 aliphatic heterocycles. The topological polar surface area (TPSA) is 0 Å². The Bertz CT molecular complexity index is 2230. The van der Waals surface area contributed by atoms with Crippen LogP contribution in [0.1, 0.15) is 33.4 Å². The zero-order chi connectivity index (χ0) is 30.3. The van der Waals surface area contributed by atoms with Crippen LogP contribution in [0, 0.1) is 13.8 Å². The molecule has 0 unspecified atom stereocenters. The summed E-state index contributed by atoms with van der Waals surface area (Å²) in [6.07, 6.45) is 8.83. The number of hydrogen-bond acceptors (Lipinski definition) is 3. The van der Waals surface area contributed by atoms with Crippen LogP contribution in [0.5, 0.6) is 0 Å². The molecule has 8 aromatic rings. The van der Waals surface area contributed by atoms with Gasteiger partial charge in [-0.2, -0.15) is 0 Å². The molecule has 0 atom stereocenters. The maximum Gasteiger partial charge on any atom is 0.0361 e. The van der Waals surface area contributed by atoms with E-state index in [2.05, 4.69) is 159 Å². The number of thiophene rings is 2. The van der Waals surface area contributed by atoms with E-state index in [1.54, 1.807) is 11.8 Å². The van der Waals surface area contributed by atoms with Crippen molar-refractivity contribution in [2.75, 3.05) is 0 Å². The van der Waals surface area contributed by atoms with Gasteiger partial charge in [0.1, 0.15) is 0 Å². The first-order valence-electron chi connectivity index (χ1n) is 15.1. The van der Waals surface area contributed by atoms with E-state index in [1.165, 1.54) is 83.5 Å². The Balaban J connectivity index is 0.915. The molecule has 0 fully saturated rings. The summed E-state index contributed by atoms with van der Waals surface area (Å²) in [6, 6.07) is 44.7. The van der Waals surface area contributed by atoms with Gasteiger partial charge in [-0.25, -0.2) is 0 Å². The van der Waals surface area contributed by atoms with Crippen LogP contribution in [-0.2, 0) is 0 Å². The van der Waals surface area contributed by atoms with Crippen molar-refractivity contribution in [3.63, 3.8) is 0 Å². The van der Waals surface area contributed by atoms with E-state index in [4.69, 9.17) is 0 Å². The van der Waals surface area contributed by atoms with Gasteiger partial charge >= 0.3 is 0 Å². The van der Waals surface area contributed by atoms with E-state index in [9.17, 15) is 0 Å². The quantitative estimate of drug-likeness (QED) is 0.165. The Kier molecular flexibility index (Phi) is 7.39. The lowest BCUT2D eigenvalue weighted by atomic mass is 10.1. The van der Waals surface area contributed by atoms with E-state index in [0.717, 1.165) is 0 Å². The summed E-state index contributed by atoms with van der Waals surface area (Å²) in [5.41, 5.74) is 7.50. The second kappa shape index (κ2) is 11.8. The van der Waals surface area contributed by atoms with Crippen LogP contribution in [0.15, 0.2) is 131 Å². The van der Waals surface area contributed by atoms with Crippen molar-refractivity contribution in [1.82, 2.24) is 0 Å². The fourth-order valence-corrected chi connectivity index (χ4v) is 9.15. The summed E-state index contributed by atoms with van der Waals surface area (Å²) < 4.78 is 5.41. The van der Waals surface area contributed by atoms with Crippen LogP contribution in [0.25, 0.3) is 64.6 Å². The summed E-state index contributed by atoms with van der Waals surface area (Å²) in [5, 5.41) is 5.40. The maximum atomic E-state index is 2.31. The van der Waals surface area contributed by atoms with E-state index in [0.29, 0.717) is 0 Å². The highest BCUT2D eigenvalue weighted by Crippen LogP contribution is 2.36. The second-order valence-corrected chi connectivity index (χ2v) is 14.9. The minimum Gasteiger partial charge on any atom is -0.135 e. The molecule has 0 saturated heterocycles. The van der Waals surface area contributed by atoms with Gasteiger partial charge in [0.2, 0.25) is 0 Å². The first-order valence-corrected chi connectivity index (χ1v) is 17.6. The van der Waals surface area contributed by atoms with E-state index in [-0.39, 0.29) is 0 Å². The molecule has 45 heavy (non-hydrogen) atoms. The van der Waals surface area contributed by atoms with Crippen LogP contribution < -0.4 is 0 Å².